The zero-order valence-electron chi connectivity index (χ0n) is 11.1. The fourth-order valence-corrected chi connectivity index (χ4v) is 2.97. The molecule has 0 bridgehead atoms. The summed E-state index contributed by atoms with van der Waals surface area (Å²) in [5.41, 5.74) is 0.558. The van der Waals surface area contributed by atoms with Gasteiger partial charge in [0.2, 0.25) is 0 Å². The molecule has 2 heterocycles. The van der Waals surface area contributed by atoms with Crippen molar-refractivity contribution in [1.82, 2.24) is 15.2 Å². The van der Waals surface area contributed by atoms with Crippen molar-refractivity contribution in [2.24, 2.45) is 5.92 Å². The summed E-state index contributed by atoms with van der Waals surface area (Å²) in [7, 11) is 0. The molecular weight excluding hydrogens is 246 g/mol. The lowest BCUT2D eigenvalue weighted by Gasteiger charge is -2.29. The number of piperidine rings is 1. The van der Waals surface area contributed by atoms with Gasteiger partial charge in [0.25, 0.3) is 5.91 Å². The smallest absolute Gasteiger partial charge is 0.270 e. The standard InChI is InChI=1S/C13H21N3OS/c1-3-14-13(17)11-9-18-12(15-11)8-16-6-4-10(2)5-7-16/h9-10H,3-8H2,1-2H3,(H,14,17). The van der Waals surface area contributed by atoms with E-state index in [4.69, 9.17) is 0 Å². The van der Waals surface area contributed by atoms with Crippen LogP contribution < -0.4 is 5.32 Å². The van der Waals surface area contributed by atoms with Gasteiger partial charge in [-0.3, -0.25) is 9.69 Å². The minimum absolute atomic E-state index is 0.0627. The highest BCUT2D eigenvalue weighted by molar-refractivity contribution is 7.09. The molecular formula is C13H21N3OS. The monoisotopic (exact) mass is 267 g/mol. The number of hydrogen-bond acceptors (Lipinski definition) is 4. The molecule has 0 aliphatic carbocycles. The second-order valence-electron chi connectivity index (χ2n) is 4.94. The van der Waals surface area contributed by atoms with Crippen LogP contribution in [0.2, 0.25) is 0 Å². The highest BCUT2D eigenvalue weighted by Gasteiger charge is 2.17. The molecule has 1 N–H and O–H groups in total. The van der Waals surface area contributed by atoms with E-state index in [0.717, 1.165) is 30.6 Å². The highest BCUT2D eigenvalue weighted by Crippen LogP contribution is 2.19. The number of aromatic nitrogens is 1. The molecule has 0 radical (unpaired) electrons. The van der Waals surface area contributed by atoms with E-state index < -0.39 is 0 Å². The van der Waals surface area contributed by atoms with Crippen LogP contribution in [0, 0.1) is 5.92 Å². The maximum atomic E-state index is 11.6. The summed E-state index contributed by atoms with van der Waals surface area (Å²) < 4.78 is 0. The number of rotatable bonds is 4. The lowest BCUT2D eigenvalue weighted by atomic mass is 9.99. The predicted molar refractivity (Wildman–Crippen MR) is 73.8 cm³/mol. The molecule has 1 aromatic rings. The third kappa shape index (κ3) is 3.53. The van der Waals surface area contributed by atoms with Crippen LogP contribution in [0.25, 0.3) is 0 Å². The molecule has 1 fully saturated rings. The van der Waals surface area contributed by atoms with Gasteiger partial charge < -0.3 is 5.32 Å². The van der Waals surface area contributed by atoms with E-state index in [-0.39, 0.29) is 5.91 Å². The van der Waals surface area contributed by atoms with E-state index in [1.807, 2.05) is 12.3 Å². The molecule has 0 aromatic carbocycles. The average molecular weight is 267 g/mol. The van der Waals surface area contributed by atoms with Crippen LogP contribution in [-0.4, -0.2) is 35.4 Å². The first-order valence-electron chi connectivity index (χ1n) is 6.64. The van der Waals surface area contributed by atoms with E-state index in [1.54, 1.807) is 11.3 Å². The van der Waals surface area contributed by atoms with Crippen molar-refractivity contribution in [2.75, 3.05) is 19.6 Å². The van der Waals surface area contributed by atoms with Gasteiger partial charge in [-0.15, -0.1) is 11.3 Å². The number of amides is 1. The van der Waals surface area contributed by atoms with Crippen molar-refractivity contribution in [3.63, 3.8) is 0 Å². The third-order valence-corrected chi connectivity index (χ3v) is 4.19. The SMILES string of the molecule is CCNC(=O)c1csc(CN2CCC(C)CC2)n1. The van der Waals surface area contributed by atoms with E-state index in [9.17, 15) is 4.79 Å². The maximum absolute atomic E-state index is 11.6. The van der Waals surface area contributed by atoms with Gasteiger partial charge in [-0.25, -0.2) is 4.98 Å². The number of carbonyl (C=O) groups is 1. The van der Waals surface area contributed by atoms with Gasteiger partial charge in [0.15, 0.2) is 0 Å². The van der Waals surface area contributed by atoms with Crippen LogP contribution >= 0.6 is 11.3 Å². The first-order valence-corrected chi connectivity index (χ1v) is 7.52. The normalized spacial score (nSPS) is 17.9. The number of nitrogens with one attached hydrogen (secondary N) is 1. The molecule has 100 valence electrons. The number of hydrogen-bond donors (Lipinski definition) is 1. The molecule has 1 aliphatic heterocycles. The zero-order chi connectivity index (χ0) is 13.0. The van der Waals surface area contributed by atoms with Crippen LogP contribution in [0.5, 0.6) is 0 Å². The largest absolute Gasteiger partial charge is 0.351 e. The van der Waals surface area contributed by atoms with Crippen molar-refractivity contribution >= 4 is 17.2 Å². The van der Waals surface area contributed by atoms with Gasteiger partial charge in [-0.2, -0.15) is 0 Å². The molecule has 0 spiro atoms. The van der Waals surface area contributed by atoms with Gasteiger partial charge >= 0.3 is 0 Å². The molecule has 1 saturated heterocycles. The van der Waals surface area contributed by atoms with E-state index in [1.165, 1.54) is 12.8 Å². The summed E-state index contributed by atoms with van der Waals surface area (Å²) in [6.45, 7) is 8.06. The maximum Gasteiger partial charge on any atom is 0.270 e. The van der Waals surface area contributed by atoms with Gasteiger partial charge in [-0.1, -0.05) is 6.92 Å². The topological polar surface area (TPSA) is 45.2 Å². The fourth-order valence-electron chi connectivity index (χ4n) is 2.15. The second-order valence-corrected chi connectivity index (χ2v) is 5.89. The molecule has 0 saturated carbocycles. The van der Waals surface area contributed by atoms with Crippen LogP contribution in [0.1, 0.15) is 42.2 Å². The van der Waals surface area contributed by atoms with Crippen molar-refractivity contribution in [2.45, 2.75) is 33.2 Å². The minimum atomic E-state index is -0.0627. The Bertz CT molecular complexity index is 397. The first-order chi connectivity index (χ1) is 8.69. The molecule has 0 atom stereocenters. The Morgan fingerprint density at radius 2 is 2.28 bits per heavy atom. The Morgan fingerprint density at radius 3 is 2.94 bits per heavy atom. The Morgan fingerprint density at radius 1 is 1.56 bits per heavy atom. The third-order valence-electron chi connectivity index (χ3n) is 3.36. The van der Waals surface area contributed by atoms with Crippen LogP contribution in [0.4, 0.5) is 0 Å². The van der Waals surface area contributed by atoms with Gasteiger partial charge in [0.05, 0.1) is 6.54 Å². The van der Waals surface area contributed by atoms with Gasteiger partial charge in [0.1, 0.15) is 10.7 Å². The minimum Gasteiger partial charge on any atom is -0.351 e. The van der Waals surface area contributed by atoms with E-state index in [2.05, 4.69) is 22.1 Å². The van der Waals surface area contributed by atoms with Crippen molar-refractivity contribution in [1.29, 1.82) is 0 Å². The molecule has 5 heteroatoms. The lowest BCUT2D eigenvalue weighted by Crippen LogP contribution is -2.32. The lowest BCUT2D eigenvalue weighted by molar-refractivity contribution is 0.0951. The van der Waals surface area contributed by atoms with Crippen molar-refractivity contribution in [3.8, 4) is 0 Å². The van der Waals surface area contributed by atoms with Crippen LogP contribution in [0.3, 0.4) is 0 Å². The summed E-state index contributed by atoms with van der Waals surface area (Å²) in [5, 5.41) is 5.68. The fraction of sp³-hybridized carbons (Fsp3) is 0.692. The van der Waals surface area contributed by atoms with E-state index >= 15 is 0 Å². The van der Waals surface area contributed by atoms with Crippen LogP contribution in [-0.2, 0) is 6.54 Å². The summed E-state index contributed by atoms with van der Waals surface area (Å²) in [5.74, 6) is 0.788. The molecule has 1 amide bonds. The molecule has 18 heavy (non-hydrogen) atoms. The van der Waals surface area contributed by atoms with Crippen LogP contribution in [0.15, 0.2) is 5.38 Å². The second kappa shape index (κ2) is 6.29. The zero-order valence-corrected chi connectivity index (χ0v) is 11.9. The van der Waals surface area contributed by atoms with E-state index in [0.29, 0.717) is 12.2 Å². The molecule has 4 nitrogen and oxygen atoms in total. The van der Waals surface area contributed by atoms with Gasteiger partial charge in [0, 0.05) is 11.9 Å². The average Bonchev–Trinajstić information content (AvgIpc) is 2.81. The molecule has 2 rings (SSSR count). The summed E-state index contributed by atoms with van der Waals surface area (Å²) in [4.78, 5) is 18.5. The number of nitrogens with zero attached hydrogens (tertiary/aromatic N) is 2. The highest BCUT2D eigenvalue weighted by atomic mass is 32.1. The first kappa shape index (κ1) is 13.5. The number of thiazole rings is 1. The number of likely N-dealkylation sites (tertiary alicyclic amines) is 1. The number of carbonyl (C=O) groups excluding carboxylic acids is 1. The Labute approximate surface area is 112 Å². The Hall–Kier alpha value is -0.940. The van der Waals surface area contributed by atoms with Crippen molar-refractivity contribution < 1.29 is 4.79 Å². The molecule has 0 unspecified atom stereocenters. The van der Waals surface area contributed by atoms with Crippen molar-refractivity contribution in [3.05, 3.63) is 16.1 Å². The molecule has 1 aromatic heterocycles. The quantitative estimate of drug-likeness (QED) is 0.909. The summed E-state index contributed by atoms with van der Waals surface area (Å²) in [6, 6.07) is 0. The Balaban J connectivity index is 1.88. The molecule has 1 aliphatic rings. The summed E-state index contributed by atoms with van der Waals surface area (Å²) >= 11 is 1.58. The predicted octanol–water partition coefficient (Wildman–Crippen LogP) is 2.12. The Kier molecular flexibility index (Phi) is 4.72. The van der Waals surface area contributed by atoms with Gasteiger partial charge in [-0.05, 0) is 38.8 Å². The summed E-state index contributed by atoms with van der Waals surface area (Å²) in [6.07, 6.45) is 2.54.